The molecule has 0 saturated heterocycles. The zero-order chi connectivity index (χ0) is 26.2. The number of fused-ring (bicyclic) bond motifs is 18. The smallest absolute Gasteiger partial charge is 0.429 e. The van der Waals surface area contributed by atoms with Gasteiger partial charge in [-0.05, 0) is 33.2 Å². The Morgan fingerprint density at radius 1 is 0.415 bits per heavy atom. The summed E-state index contributed by atoms with van der Waals surface area (Å²) in [7, 11) is 0. The minimum atomic E-state index is 0. The quantitative estimate of drug-likeness (QED) is 0.159. The number of aliphatic imine (C=N–C) groups is 4. The SMILES string of the molecule is [Pd+2].c1ccc2c(c1)C1=Nc3[n-]c(c4ccccc34)SC3=NC(=Nc4[n-]c(c5ccccc45)SC2=N1)c1ccccc13. The van der Waals surface area contributed by atoms with Crippen LogP contribution in [0.15, 0.2) is 127 Å². The van der Waals surface area contributed by atoms with E-state index in [9.17, 15) is 0 Å². The van der Waals surface area contributed by atoms with Crippen molar-refractivity contribution in [3.05, 3.63) is 119 Å². The van der Waals surface area contributed by atoms with E-state index in [2.05, 4.69) is 48.5 Å². The molecule has 9 rings (SSSR count). The van der Waals surface area contributed by atoms with Crippen molar-refractivity contribution in [2.24, 2.45) is 20.0 Å². The van der Waals surface area contributed by atoms with Gasteiger partial charge in [-0.2, -0.15) is 0 Å². The van der Waals surface area contributed by atoms with Crippen LogP contribution in [0.3, 0.4) is 0 Å². The van der Waals surface area contributed by atoms with Crippen LogP contribution < -0.4 is 9.97 Å². The molecule has 6 nitrogen and oxygen atoms in total. The number of hydrogen-bond acceptors (Lipinski definition) is 6. The second-order valence-electron chi connectivity index (χ2n) is 9.57. The van der Waals surface area contributed by atoms with Crippen molar-refractivity contribution in [3.8, 4) is 0 Å². The van der Waals surface area contributed by atoms with Crippen molar-refractivity contribution in [2.75, 3.05) is 0 Å². The van der Waals surface area contributed by atoms with E-state index >= 15 is 0 Å². The predicted octanol–water partition coefficient (Wildman–Crippen LogP) is 7.48. The fourth-order valence-electron chi connectivity index (χ4n) is 5.36. The first-order chi connectivity index (χ1) is 19.8. The molecule has 2 aromatic heterocycles. The molecule has 3 aliphatic rings. The van der Waals surface area contributed by atoms with Gasteiger partial charge in [0, 0.05) is 32.3 Å². The first-order valence-corrected chi connectivity index (χ1v) is 14.4. The molecule has 0 saturated carbocycles. The Morgan fingerprint density at radius 3 is 1.22 bits per heavy atom. The summed E-state index contributed by atoms with van der Waals surface area (Å²) in [6.07, 6.45) is 0. The molecule has 0 aliphatic carbocycles. The van der Waals surface area contributed by atoms with Crippen LogP contribution in [0.5, 0.6) is 0 Å². The molecule has 0 spiro atoms. The maximum absolute atomic E-state index is 5.04. The molecule has 196 valence electrons. The van der Waals surface area contributed by atoms with Gasteiger partial charge in [-0.25, -0.2) is 9.98 Å². The normalized spacial score (nSPS) is 15.0. The Morgan fingerprint density at radius 2 is 0.780 bits per heavy atom. The molecule has 9 heteroatoms. The number of aromatic nitrogens is 2. The van der Waals surface area contributed by atoms with Crippen LogP contribution in [0.2, 0.25) is 0 Å². The fourth-order valence-corrected chi connectivity index (χ4v) is 7.41. The third-order valence-electron chi connectivity index (χ3n) is 7.23. The number of benzene rings is 4. The van der Waals surface area contributed by atoms with Gasteiger partial charge < -0.3 is 20.0 Å². The van der Waals surface area contributed by atoms with Gasteiger partial charge >= 0.3 is 20.4 Å². The Hall–Kier alpha value is -4.00. The van der Waals surface area contributed by atoms with E-state index in [1.54, 1.807) is 23.5 Å². The van der Waals surface area contributed by atoms with Gasteiger partial charge in [0.2, 0.25) is 0 Å². The molecule has 0 N–H and O–H groups in total. The summed E-state index contributed by atoms with van der Waals surface area (Å²) in [6, 6.07) is 32.9. The van der Waals surface area contributed by atoms with E-state index in [0.29, 0.717) is 23.3 Å². The van der Waals surface area contributed by atoms with Crippen molar-refractivity contribution >= 4 is 78.5 Å². The van der Waals surface area contributed by atoms with Crippen LogP contribution >= 0.6 is 23.5 Å². The average Bonchev–Trinajstić information content (AvgIpc) is 3.73. The molecule has 0 atom stereocenters. The molecule has 8 bridgehead atoms. The number of thioether (sulfide) groups is 2. The summed E-state index contributed by atoms with van der Waals surface area (Å²) in [5.74, 6) is 2.63. The largest absolute Gasteiger partial charge is 2.00 e. The zero-order valence-electron chi connectivity index (χ0n) is 21.1. The van der Waals surface area contributed by atoms with Crippen LogP contribution in [0.1, 0.15) is 22.3 Å². The second-order valence-corrected chi connectivity index (χ2v) is 11.5. The molecular weight excluding hydrogens is 639 g/mol. The van der Waals surface area contributed by atoms with E-state index in [4.69, 9.17) is 29.9 Å². The zero-order valence-corrected chi connectivity index (χ0v) is 24.2. The third kappa shape index (κ3) is 3.85. The number of hydrogen-bond donors (Lipinski definition) is 0. The Bertz CT molecular complexity index is 2030. The standard InChI is InChI=1S/C32H16N6S2.Pd/c1-5-13-21-17(9-1)25-33-26-18-10-2-6-14-22(18)31(36-26)40-32-24-16-8-4-12-20(24)28(38-32)34-27-19-11-3-7-15-23(19)30(37-27)39-29(21)35-25;/h1-16H;/q-2;+2. The molecule has 4 aromatic carbocycles. The van der Waals surface area contributed by atoms with Crippen molar-refractivity contribution in [2.45, 2.75) is 10.1 Å². The second kappa shape index (κ2) is 9.54. The van der Waals surface area contributed by atoms with Gasteiger partial charge in [-0.3, -0.25) is 0 Å². The predicted molar refractivity (Wildman–Crippen MR) is 165 cm³/mol. The topological polar surface area (TPSA) is 77.6 Å². The molecule has 0 fully saturated rings. The monoisotopic (exact) mass is 654 g/mol. The van der Waals surface area contributed by atoms with Crippen LogP contribution in [0.25, 0.3) is 21.5 Å². The van der Waals surface area contributed by atoms with Crippen molar-refractivity contribution < 1.29 is 20.4 Å². The molecule has 5 heterocycles. The van der Waals surface area contributed by atoms with Gasteiger partial charge in [0.25, 0.3) is 0 Å². The summed E-state index contributed by atoms with van der Waals surface area (Å²) < 4.78 is 0. The molecular formula is C32H16N6PdS2. The number of amidine groups is 2. The maximum Gasteiger partial charge on any atom is 2.00 e. The molecule has 0 radical (unpaired) electrons. The summed E-state index contributed by atoms with van der Waals surface area (Å²) >= 11 is 3.10. The van der Waals surface area contributed by atoms with Gasteiger partial charge in [-0.1, -0.05) is 121 Å². The first-order valence-electron chi connectivity index (χ1n) is 12.8. The third-order valence-corrected chi connectivity index (χ3v) is 9.25. The molecule has 3 aliphatic heterocycles. The Labute approximate surface area is 256 Å². The Balaban J connectivity index is 0.00000256. The van der Waals surface area contributed by atoms with Crippen LogP contribution in [-0.2, 0) is 20.4 Å². The average molecular weight is 655 g/mol. The van der Waals surface area contributed by atoms with E-state index in [-0.39, 0.29) is 20.4 Å². The first kappa shape index (κ1) is 24.8. The van der Waals surface area contributed by atoms with Crippen molar-refractivity contribution in [1.29, 1.82) is 0 Å². The van der Waals surface area contributed by atoms with Crippen LogP contribution in [-0.4, -0.2) is 21.8 Å². The van der Waals surface area contributed by atoms with Gasteiger partial charge in [0.1, 0.15) is 10.1 Å². The van der Waals surface area contributed by atoms with Gasteiger partial charge in [0.15, 0.2) is 0 Å². The molecule has 0 unspecified atom stereocenters. The molecule has 41 heavy (non-hydrogen) atoms. The van der Waals surface area contributed by atoms with E-state index < -0.39 is 0 Å². The Kier molecular flexibility index (Phi) is 5.76. The number of nitrogens with zero attached hydrogens (tertiary/aromatic N) is 6. The van der Waals surface area contributed by atoms with E-state index in [1.165, 1.54) is 0 Å². The fraction of sp³-hybridized carbons (Fsp3) is 0. The summed E-state index contributed by atoms with van der Waals surface area (Å²) in [6.45, 7) is 0. The van der Waals surface area contributed by atoms with E-state index in [0.717, 1.165) is 63.9 Å². The van der Waals surface area contributed by atoms with Crippen LogP contribution in [0, 0.1) is 0 Å². The minimum absolute atomic E-state index is 0. The number of rotatable bonds is 0. The molecule has 0 amide bonds. The molecule has 6 aromatic rings. The minimum Gasteiger partial charge on any atom is -0.429 e. The van der Waals surface area contributed by atoms with Crippen molar-refractivity contribution in [3.63, 3.8) is 0 Å². The van der Waals surface area contributed by atoms with Gasteiger partial charge in [-0.15, -0.1) is 0 Å². The summed E-state index contributed by atoms with van der Waals surface area (Å²) in [4.78, 5) is 30.2. The van der Waals surface area contributed by atoms with Gasteiger partial charge in [0.05, 0.1) is 11.7 Å². The van der Waals surface area contributed by atoms with E-state index in [1.807, 2.05) is 48.5 Å². The van der Waals surface area contributed by atoms with Crippen LogP contribution in [0.4, 0.5) is 11.6 Å². The van der Waals surface area contributed by atoms with Crippen molar-refractivity contribution in [1.82, 2.24) is 9.97 Å². The maximum atomic E-state index is 5.04. The summed E-state index contributed by atoms with van der Waals surface area (Å²) in [5.41, 5.74) is 4.06. The summed E-state index contributed by atoms with van der Waals surface area (Å²) in [5, 5.41) is 7.51.